The summed E-state index contributed by atoms with van der Waals surface area (Å²) in [6.45, 7) is 0.986. The van der Waals surface area contributed by atoms with E-state index in [1.165, 1.54) is 11.3 Å². The molecular formula is C14H14N2O. The van der Waals surface area contributed by atoms with Gasteiger partial charge in [-0.3, -0.25) is 0 Å². The van der Waals surface area contributed by atoms with E-state index >= 15 is 0 Å². The van der Waals surface area contributed by atoms with Crippen molar-refractivity contribution in [3.05, 3.63) is 48.2 Å². The van der Waals surface area contributed by atoms with Crippen LogP contribution in [0.25, 0.3) is 0 Å². The monoisotopic (exact) mass is 226 g/mol. The summed E-state index contributed by atoms with van der Waals surface area (Å²) in [7, 11) is 1.70. The molecule has 0 saturated carbocycles. The number of nitrogens with zero attached hydrogens (tertiary/aromatic N) is 2. The van der Waals surface area contributed by atoms with Crippen molar-refractivity contribution in [2.75, 3.05) is 18.6 Å². The minimum atomic E-state index is 0.895. The van der Waals surface area contributed by atoms with E-state index in [9.17, 15) is 0 Å². The van der Waals surface area contributed by atoms with E-state index in [0.717, 1.165) is 24.5 Å². The highest BCUT2D eigenvalue weighted by Gasteiger charge is 2.21. The molecule has 17 heavy (non-hydrogen) atoms. The minimum absolute atomic E-state index is 0.895. The van der Waals surface area contributed by atoms with Gasteiger partial charge in [0.05, 0.1) is 7.11 Å². The molecule has 3 heteroatoms. The third-order valence-electron chi connectivity index (χ3n) is 3.11. The van der Waals surface area contributed by atoms with Gasteiger partial charge in [-0.05, 0) is 30.2 Å². The molecule has 2 heterocycles. The average molecular weight is 226 g/mol. The van der Waals surface area contributed by atoms with E-state index in [-0.39, 0.29) is 0 Å². The molecule has 1 aliphatic rings. The van der Waals surface area contributed by atoms with Crippen molar-refractivity contribution in [2.24, 2.45) is 0 Å². The Labute approximate surface area is 101 Å². The van der Waals surface area contributed by atoms with Gasteiger partial charge >= 0.3 is 0 Å². The molecule has 1 aromatic carbocycles. The zero-order valence-corrected chi connectivity index (χ0v) is 9.76. The summed E-state index contributed by atoms with van der Waals surface area (Å²) >= 11 is 0. The maximum absolute atomic E-state index is 5.28. The summed E-state index contributed by atoms with van der Waals surface area (Å²) in [6, 6.07) is 12.2. The van der Waals surface area contributed by atoms with Crippen LogP contribution in [0.5, 0.6) is 5.75 Å². The van der Waals surface area contributed by atoms with E-state index in [1.54, 1.807) is 7.11 Å². The van der Waals surface area contributed by atoms with Crippen LogP contribution in [-0.2, 0) is 6.42 Å². The maximum Gasteiger partial charge on any atom is 0.132 e. The van der Waals surface area contributed by atoms with Gasteiger partial charge in [0.2, 0.25) is 0 Å². The zero-order valence-electron chi connectivity index (χ0n) is 9.76. The molecule has 1 aliphatic heterocycles. The Bertz CT molecular complexity index is 525. The molecule has 1 aromatic heterocycles. The quantitative estimate of drug-likeness (QED) is 0.787. The van der Waals surface area contributed by atoms with Crippen LogP contribution in [0, 0.1) is 0 Å². The molecular weight excluding hydrogens is 212 g/mol. The van der Waals surface area contributed by atoms with Crippen molar-refractivity contribution in [3.8, 4) is 5.75 Å². The Morgan fingerprint density at radius 2 is 2.18 bits per heavy atom. The van der Waals surface area contributed by atoms with E-state index in [2.05, 4.69) is 22.0 Å². The zero-order chi connectivity index (χ0) is 11.7. The molecule has 3 rings (SSSR count). The summed E-state index contributed by atoms with van der Waals surface area (Å²) in [4.78, 5) is 6.63. The van der Waals surface area contributed by atoms with Gasteiger partial charge in [0, 0.05) is 24.5 Å². The Morgan fingerprint density at radius 1 is 1.24 bits per heavy atom. The Balaban J connectivity index is 2.03. The van der Waals surface area contributed by atoms with Crippen LogP contribution >= 0.6 is 0 Å². The summed E-state index contributed by atoms with van der Waals surface area (Å²) in [5, 5.41) is 0. The van der Waals surface area contributed by atoms with Gasteiger partial charge in [-0.2, -0.15) is 0 Å². The number of fused-ring (bicyclic) bond motifs is 1. The van der Waals surface area contributed by atoms with Gasteiger partial charge in [0.15, 0.2) is 0 Å². The SMILES string of the molecule is COc1ccc2c(c1)N(c1ccccn1)CC2. The first kappa shape index (κ1) is 10.1. The molecule has 2 aromatic rings. The highest BCUT2D eigenvalue weighted by molar-refractivity contribution is 5.69. The molecule has 0 amide bonds. The fourth-order valence-corrected chi connectivity index (χ4v) is 2.24. The predicted octanol–water partition coefficient (Wildman–Crippen LogP) is 2.78. The van der Waals surface area contributed by atoms with Crippen LogP contribution < -0.4 is 9.64 Å². The first-order chi connectivity index (χ1) is 8.38. The first-order valence-electron chi connectivity index (χ1n) is 5.74. The number of hydrogen-bond donors (Lipinski definition) is 0. The van der Waals surface area contributed by atoms with Gasteiger partial charge in [0.1, 0.15) is 11.6 Å². The van der Waals surface area contributed by atoms with Crippen LogP contribution in [0.1, 0.15) is 5.56 Å². The largest absolute Gasteiger partial charge is 0.497 e. The lowest BCUT2D eigenvalue weighted by Gasteiger charge is -2.18. The standard InChI is InChI=1S/C14H14N2O/c1-17-12-6-5-11-7-9-16(13(11)10-12)14-4-2-3-8-15-14/h2-6,8,10H,7,9H2,1H3. The molecule has 86 valence electrons. The number of pyridine rings is 1. The van der Waals surface area contributed by atoms with Gasteiger partial charge < -0.3 is 9.64 Å². The first-order valence-corrected chi connectivity index (χ1v) is 5.74. The Kier molecular flexibility index (Phi) is 2.44. The second-order valence-corrected chi connectivity index (χ2v) is 4.08. The summed E-state index contributed by atoms with van der Waals surface area (Å²) < 4.78 is 5.28. The number of anilines is 2. The van der Waals surface area contributed by atoms with Crippen LogP contribution in [0.15, 0.2) is 42.6 Å². The third-order valence-corrected chi connectivity index (χ3v) is 3.11. The van der Waals surface area contributed by atoms with Crippen LogP contribution in [0.2, 0.25) is 0 Å². The van der Waals surface area contributed by atoms with Crippen molar-refractivity contribution in [1.29, 1.82) is 0 Å². The molecule has 0 unspecified atom stereocenters. The number of aromatic nitrogens is 1. The van der Waals surface area contributed by atoms with Crippen molar-refractivity contribution >= 4 is 11.5 Å². The number of hydrogen-bond acceptors (Lipinski definition) is 3. The third kappa shape index (κ3) is 1.73. The maximum atomic E-state index is 5.28. The summed E-state index contributed by atoms with van der Waals surface area (Å²) in [5.74, 6) is 1.89. The molecule has 0 aliphatic carbocycles. The van der Waals surface area contributed by atoms with E-state index in [0.29, 0.717) is 0 Å². The summed E-state index contributed by atoms with van der Waals surface area (Å²) in [5.41, 5.74) is 2.57. The van der Waals surface area contributed by atoms with E-state index in [1.807, 2.05) is 30.5 Å². The second kappa shape index (κ2) is 4.09. The lowest BCUT2D eigenvalue weighted by Crippen LogP contribution is -2.14. The number of rotatable bonds is 2. The van der Waals surface area contributed by atoms with Gasteiger partial charge in [0.25, 0.3) is 0 Å². The number of ether oxygens (including phenoxy) is 1. The molecule has 0 bridgehead atoms. The number of methoxy groups -OCH3 is 1. The lowest BCUT2D eigenvalue weighted by molar-refractivity contribution is 0.415. The number of benzene rings is 1. The fraction of sp³-hybridized carbons (Fsp3) is 0.214. The van der Waals surface area contributed by atoms with E-state index < -0.39 is 0 Å². The normalized spacial score (nSPS) is 13.6. The fourth-order valence-electron chi connectivity index (χ4n) is 2.24. The van der Waals surface area contributed by atoms with Crippen molar-refractivity contribution in [2.45, 2.75) is 6.42 Å². The van der Waals surface area contributed by atoms with Gasteiger partial charge in [-0.1, -0.05) is 12.1 Å². The van der Waals surface area contributed by atoms with Gasteiger partial charge in [-0.25, -0.2) is 4.98 Å². The molecule has 0 saturated heterocycles. The molecule has 0 N–H and O–H groups in total. The highest BCUT2D eigenvalue weighted by Crippen LogP contribution is 2.35. The van der Waals surface area contributed by atoms with Gasteiger partial charge in [-0.15, -0.1) is 0 Å². The molecule has 0 fully saturated rings. The molecule has 0 spiro atoms. The minimum Gasteiger partial charge on any atom is -0.497 e. The van der Waals surface area contributed by atoms with Crippen LogP contribution in [0.3, 0.4) is 0 Å². The van der Waals surface area contributed by atoms with Crippen molar-refractivity contribution < 1.29 is 4.74 Å². The van der Waals surface area contributed by atoms with Crippen LogP contribution in [-0.4, -0.2) is 18.6 Å². The van der Waals surface area contributed by atoms with Crippen molar-refractivity contribution in [1.82, 2.24) is 4.98 Å². The smallest absolute Gasteiger partial charge is 0.132 e. The Morgan fingerprint density at radius 3 is 2.94 bits per heavy atom. The predicted molar refractivity (Wildman–Crippen MR) is 67.9 cm³/mol. The second-order valence-electron chi connectivity index (χ2n) is 4.08. The lowest BCUT2D eigenvalue weighted by atomic mass is 10.1. The topological polar surface area (TPSA) is 25.4 Å². The van der Waals surface area contributed by atoms with Crippen molar-refractivity contribution in [3.63, 3.8) is 0 Å². The Hall–Kier alpha value is -2.03. The molecule has 3 nitrogen and oxygen atoms in total. The summed E-state index contributed by atoms with van der Waals surface area (Å²) in [6.07, 6.45) is 2.89. The highest BCUT2D eigenvalue weighted by atomic mass is 16.5. The molecule has 0 radical (unpaired) electrons. The van der Waals surface area contributed by atoms with E-state index in [4.69, 9.17) is 4.74 Å². The average Bonchev–Trinajstić information content (AvgIpc) is 2.82. The molecule has 0 atom stereocenters. The van der Waals surface area contributed by atoms with Crippen LogP contribution in [0.4, 0.5) is 11.5 Å².